The number of nitrogens with zero attached hydrogens (tertiary/aromatic N) is 3. The Morgan fingerprint density at radius 2 is 1.76 bits per heavy atom. The van der Waals surface area contributed by atoms with Gasteiger partial charge in [-0.25, -0.2) is 4.79 Å². The summed E-state index contributed by atoms with van der Waals surface area (Å²) in [5, 5.41) is 10.9. The van der Waals surface area contributed by atoms with Gasteiger partial charge in [0.2, 0.25) is 0 Å². The van der Waals surface area contributed by atoms with Crippen molar-refractivity contribution in [3.8, 4) is 0 Å². The van der Waals surface area contributed by atoms with Gasteiger partial charge in [-0.1, -0.05) is 17.7 Å². The second-order valence-corrected chi connectivity index (χ2v) is 9.24. The van der Waals surface area contributed by atoms with Crippen molar-refractivity contribution in [2.24, 2.45) is 0 Å². The molecule has 37 heavy (non-hydrogen) atoms. The lowest BCUT2D eigenvalue weighted by atomic mass is 10.1. The van der Waals surface area contributed by atoms with Crippen LogP contribution in [0.4, 0.5) is 10.5 Å². The van der Waals surface area contributed by atoms with Gasteiger partial charge >= 0.3 is 12.1 Å². The van der Waals surface area contributed by atoms with Crippen molar-refractivity contribution < 1.29 is 23.9 Å². The normalized spacial score (nSPS) is 18.4. The smallest absolute Gasteiger partial charge is 0.414 e. The fourth-order valence-corrected chi connectivity index (χ4v) is 4.49. The standard InChI is InChI=1S/C27H33N5O5/c1-3-36-24(33)18-31-13-11-30(12-14-31)16-23-17-32(27(35)37-23)22-9-7-20(8-10-22)25(28)29-26(34)21-6-4-5-19(2)15-21/h4-10,15,23H,3,11-14,16-18H2,1-2H3,(H2,28,29,34). The third-order valence-corrected chi connectivity index (χ3v) is 6.45. The van der Waals surface area contributed by atoms with E-state index in [1.54, 1.807) is 54.3 Å². The van der Waals surface area contributed by atoms with Crippen molar-refractivity contribution in [3.05, 3.63) is 65.2 Å². The number of carbonyl (C=O) groups is 3. The molecule has 2 N–H and O–H groups in total. The van der Waals surface area contributed by atoms with Crippen molar-refractivity contribution in [1.82, 2.24) is 15.1 Å². The Hall–Kier alpha value is -3.76. The van der Waals surface area contributed by atoms with Gasteiger partial charge < -0.3 is 14.8 Å². The maximum absolute atomic E-state index is 12.5. The second kappa shape index (κ2) is 12.0. The van der Waals surface area contributed by atoms with E-state index in [2.05, 4.69) is 15.1 Å². The number of hydrogen-bond donors (Lipinski definition) is 2. The van der Waals surface area contributed by atoms with Crippen LogP contribution >= 0.6 is 0 Å². The molecule has 0 radical (unpaired) electrons. The first-order chi connectivity index (χ1) is 17.8. The van der Waals surface area contributed by atoms with E-state index in [1.165, 1.54) is 0 Å². The van der Waals surface area contributed by atoms with E-state index in [-0.39, 0.29) is 23.8 Å². The van der Waals surface area contributed by atoms with Gasteiger partial charge in [-0.2, -0.15) is 0 Å². The fourth-order valence-electron chi connectivity index (χ4n) is 4.49. The minimum absolute atomic E-state index is 0.0120. The summed E-state index contributed by atoms with van der Waals surface area (Å²) >= 11 is 0. The molecule has 196 valence electrons. The van der Waals surface area contributed by atoms with E-state index < -0.39 is 6.09 Å². The molecule has 0 aliphatic carbocycles. The Kier molecular flexibility index (Phi) is 8.52. The highest BCUT2D eigenvalue weighted by atomic mass is 16.6. The zero-order valence-electron chi connectivity index (χ0n) is 21.2. The van der Waals surface area contributed by atoms with Gasteiger partial charge in [0.1, 0.15) is 11.9 Å². The fraction of sp³-hybridized carbons (Fsp3) is 0.407. The van der Waals surface area contributed by atoms with Crippen molar-refractivity contribution >= 4 is 29.5 Å². The van der Waals surface area contributed by atoms with Crippen LogP contribution in [0.5, 0.6) is 0 Å². The number of aryl methyl sites for hydroxylation is 1. The molecule has 2 aliphatic rings. The van der Waals surface area contributed by atoms with Crippen LogP contribution in [0.3, 0.4) is 0 Å². The monoisotopic (exact) mass is 507 g/mol. The number of nitrogens with one attached hydrogen (secondary N) is 2. The minimum Gasteiger partial charge on any atom is -0.465 e. The van der Waals surface area contributed by atoms with Crippen LogP contribution < -0.4 is 10.2 Å². The third-order valence-electron chi connectivity index (χ3n) is 6.45. The van der Waals surface area contributed by atoms with Gasteiger partial charge in [0.15, 0.2) is 0 Å². The van der Waals surface area contributed by atoms with E-state index in [9.17, 15) is 14.4 Å². The number of ether oxygens (including phenoxy) is 2. The molecule has 2 aromatic carbocycles. The summed E-state index contributed by atoms with van der Waals surface area (Å²) in [7, 11) is 0. The summed E-state index contributed by atoms with van der Waals surface area (Å²) in [5.74, 6) is -0.557. The number of piperazine rings is 1. The SMILES string of the molecule is CCOC(=O)CN1CCN(CC2CN(c3ccc(C(=N)NC(=O)c4cccc(C)c4)cc3)C(=O)O2)CC1. The van der Waals surface area contributed by atoms with Crippen LogP contribution in [0.15, 0.2) is 48.5 Å². The molecular weight excluding hydrogens is 474 g/mol. The highest BCUT2D eigenvalue weighted by molar-refractivity contribution is 6.11. The zero-order valence-corrected chi connectivity index (χ0v) is 21.2. The Morgan fingerprint density at radius 1 is 1.05 bits per heavy atom. The number of carbonyl (C=O) groups excluding carboxylic acids is 3. The second-order valence-electron chi connectivity index (χ2n) is 9.24. The Bertz CT molecular complexity index is 1140. The summed E-state index contributed by atoms with van der Waals surface area (Å²) in [5.41, 5.74) is 2.67. The Labute approximate surface area is 216 Å². The minimum atomic E-state index is -0.401. The molecule has 0 saturated carbocycles. The molecule has 0 spiro atoms. The van der Waals surface area contributed by atoms with Crippen LogP contribution in [0.1, 0.15) is 28.4 Å². The maximum atomic E-state index is 12.5. The first-order valence-corrected chi connectivity index (χ1v) is 12.5. The summed E-state index contributed by atoms with van der Waals surface area (Å²) < 4.78 is 10.6. The van der Waals surface area contributed by atoms with Gasteiger partial charge in [0.05, 0.1) is 19.7 Å². The lowest BCUT2D eigenvalue weighted by Crippen LogP contribution is -2.50. The van der Waals surface area contributed by atoms with E-state index in [4.69, 9.17) is 14.9 Å². The lowest BCUT2D eigenvalue weighted by Gasteiger charge is -2.34. The average molecular weight is 508 g/mol. The largest absolute Gasteiger partial charge is 0.465 e. The molecule has 4 rings (SSSR count). The van der Waals surface area contributed by atoms with E-state index in [0.29, 0.717) is 43.1 Å². The van der Waals surface area contributed by atoms with Crippen molar-refractivity contribution in [2.75, 3.05) is 57.3 Å². The first-order valence-electron chi connectivity index (χ1n) is 12.5. The van der Waals surface area contributed by atoms with Crippen molar-refractivity contribution in [1.29, 1.82) is 5.41 Å². The van der Waals surface area contributed by atoms with E-state index in [0.717, 1.165) is 31.7 Å². The van der Waals surface area contributed by atoms with Crippen LogP contribution in [-0.2, 0) is 14.3 Å². The molecule has 2 saturated heterocycles. The zero-order chi connectivity index (χ0) is 26.4. The molecule has 10 heteroatoms. The van der Waals surface area contributed by atoms with Gasteiger partial charge in [0, 0.05) is 49.5 Å². The molecule has 2 heterocycles. The molecule has 10 nitrogen and oxygen atoms in total. The summed E-state index contributed by atoms with van der Waals surface area (Å²) in [4.78, 5) is 42.6. The highest BCUT2D eigenvalue weighted by Crippen LogP contribution is 2.23. The number of cyclic esters (lactones) is 1. The molecule has 0 aromatic heterocycles. The van der Waals surface area contributed by atoms with Crippen LogP contribution in [0.25, 0.3) is 0 Å². The summed E-state index contributed by atoms with van der Waals surface area (Å²) in [6.45, 7) is 8.56. The first kappa shape index (κ1) is 26.3. The average Bonchev–Trinajstić information content (AvgIpc) is 3.25. The molecule has 1 atom stereocenters. The Balaban J connectivity index is 1.26. The van der Waals surface area contributed by atoms with E-state index >= 15 is 0 Å². The third kappa shape index (κ3) is 6.93. The molecule has 2 aromatic rings. The van der Waals surface area contributed by atoms with Gasteiger partial charge in [-0.05, 0) is 50.2 Å². The quantitative estimate of drug-likeness (QED) is 0.320. The number of benzene rings is 2. The Morgan fingerprint density at radius 3 is 2.43 bits per heavy atom. The number of amides is 2. The van der Waals surface area contributed by atoms with Crippen molar-refractivity contribution in [3.63, 3.8) is 0 Å². The molecule has 0 bridgehead atoms. The molecular formula is C27H33N5O5. The topological polar surface area (TPSA) is 115 Å². The number of rotatable bonds is 8. The molecule has 2 amide bonds. The van der Waals surface area contributed by atoms with Gasteiger partial charge in [-0.15, -0.1) is 0 Å². The number of anilines is 1. The van der Waals surface area contributed by atoms with Crippen LogP contribution in [-0.4, -0.2) is 92.1 Å². The highest BCUT2D eigenvalue weighted by Gasteiger charge is 2.34. The lowest BCUT2D eigenvalue weighted by molar-refractivity contribution is -0.144. The summed E-state index contributed by atoms with van der Waals surface area (Å²) in [6, 6.07) is 14.1. The summed E-state index contributed by atoms with van der Waals surface area (Å²) in [6.07, 6.45) is -0.655. The predicted molar refractivity (Wildman–Crippen MR) is 139 cm³/mol. The van der Waals surface area contributed by atoms with Crippen LogP contribution in [0.2, 0.25) is 0 Å². The molecule has 1 unspecified atom stereocenters. The maximum Gasteiger partial charge on any atom is 0.414 e. The number of esters is 1. The van der Waals surface area contributed by atoms with Crippen molar-refractivity contribution in [2.45, 2.75) is 20.0 Å². The molecule has 2 fully saturated rings. The molecule has 2 aliphatic heterocycles. The van der Waals surface area contributed by atoms with Gasteiger partial charge in [0.25, 0.3) is 5.91 Å². The van der Waals surface area contributed by atoms with Gasteiger partial charge in [-0.3, -0.25) is 29.7 Å². The van der Waals surface area contributed by atoms with E-state index in [1.807, 2.05) is 13.0 Å². The predicted octanol–water partition coefficient (Wildman–Crippen LogP) is 2.26. The number of hydrogen-bond acceptors (Lipinski definition) is 8. The van der Waals surface area contributed by atoms with Crippen LogP contribution in [0, 0.1) is 12.3 Å². The number of amidine groups is 1.